The summed E-state index contributed by atoms with van der Waals surface area (Å²) in [6, 6.07) is 1.75. The van der Waals surface area contributed by atoms with Crippen molar-refractivity contribution in [3.8, 4) is 0 Å². The molecular weight excluding hydrogens is 190 g/mol. The van der Waals surface area contributed by atoms with E-state index in [0.717, 1.165) is 24.1 Å². The van der Waals surface area contributed by atoms with Crippen LogP contribution in [0.5, 0.6) is 0 Å². The highest BCUT2D eigenvalue weighted by molar-refractivity contribution is 5.74. The number of rotatable bonds is 1. The van der Waals surface area contributed by atoms with Gasteiger partial charge in [0.15, 0.2) is 6.29 Å². The number of hydrogen-bond acceptors (Lipinski definition) is 2. The van der Waals surface area contributed by atoms with E-state index in [9.17, 15) is 9.59 Å². The zero-order valence-electron chi connectivity index (χ0n) is 9.04. The van der Waals surface area contributed by atoms with Crippen molar-refractivity contribution in [3.63, 3.8) is 0 Å². The van der Waals surface area contributed by atoms with Gasteiger partial charge in [-0.05, 0) is 36.3 Å². The fourth-order valence-electron chi connectivity index (χ4n) is 2.28. The average Bonchev–Trinajstić information content (AvgIpc) is 2.23. The van der Waals surface area contributed by atoms with Gasteiger partial charge >= 0.3 is 0 Å². The molecule has 1 aromatic heterocycles. The Kier molecular flexibility index (Phi) is 2.47. The number of aromatic amines is 1. The van der Waals surface area contributed by atoms with E-state index in [1.54, 1.807) is 6.07 Å². The minimum atomic E-state index is -0.260. The highest BCUT2D eigenvalue weighted by atomic mass is 16.1. The molecule has 2 rings (SSSR count). The van der Waals surface area contributed by atoms with E-state index in [1.165, 1.54) is 0 Å². The number of hydrogen-bond donors (Lipinski definition) is 1. The van der Waals surface area contributed by atoms with Crippen LogP contribution in [-0.2, 0) is 0 Å². The molecule has 2 unspecified atom stereocenters. The van der Waals surface area contributed by atoms with Crippen LogP contribution in [0.2, 0.25) is 0 Å². The minimum Gasteiger partial charge on any atom is -0.325 e. The van der Waals surface area contributed by atoms with Crippen LogP contribution in [0.4, 0.5) is 0 Å². The lowest BCUT2D eigenvalue weighted by molar-refractivity contribution is 0.112. The van der Waals surface area contributed by atoms with Gasteiger partial charge in [-0.1, -0.05) is 13.8 Å². The molecule has 0 aliphatic heterocycles. The molecule has 0 aromatic carbocycles. The van der Waals surface area contributed by atoms with Gasteiger partial charge in [0.05, 0.1) is 5.56 Å². The summed E-state index contributed by atoms with van der Waals surface area (Å²) in [5, 5.41) is 0. The maximum Gasteiger partial charge on any atom is 0.258 e. The Morgan fingerprint density at radius 1 is 1.33 bits per heavy atom. The van der Waals surface area contributed by atoms with Crippen molar-refractivity contribution in [2.24, 2.45) is 0 Å². The number of nitrogens with one attached hydrogen (secondary N) is 1. The zero-order chi connectivity index (χ0) is 11.0. The Balaban J connectivity index is 2.63. The SMILES string of the molecule is CC1CCC(C)c2[nH]c(=O)c(C=O)cc21. The van der Waals surface area contributed by atoms with Crippen LogP contribution in [0.15, 0.2) is 10.9 Å². The third-order valence-electron chi connectivity index (χ3n) is 3.32. The second-order valence-corrected chi connectivity index (χ2v) is 4.42. The number of fused-ring (bicyclic) bond motifs is 1. The van der Waals surface area contributed by atoms with Crippen molar-refractivity contribution in [2.75, 3.05) is 0 Å². The van der Waals surface area contributed by atoms with E-state index in [-0.39, 0.29) is 11.1 Å². The molecule has 1 aliphatic rings. The smallest absolute Gasteiger partial charge is 0.258 e. The first-order valence-corrected chi connectivity index (χ1v) is 5.35. The lowest BCUT2D eigenvalue weighted by Gasteiger charge is -2.26. The molecule has 80 valence electrons. The van der Waals surface area contributed by atoms with Gasteiger partial charge in [0.2, 0.25) is 0 Å². The molecular formula is C12H15NO2. The number of aromatic nitrogens is 1. The fourth-order valence-corrected chi connectivity index (χ4v) is 2.28. The largest absolute Gasteiger partial charge is 0.325 e. The van der Waals surface area contributed by atoms with Crippen molar-refractivity contribution in [2.45, 2.75) is 38.5 Å². The highest BCUT2D eigenvalue weighted by Crippen LogP contribution is 2.36. The quantitative estimate of drug-likeness (QED) is 0.714. The van der Waals surface area contributed by atoms with Crippen LogP contribution < -0.4 is 5.56 Å². The normalized spacial score (nSPS) is 24.7. The Morgan fingerprint density at radius 3 is 2.67 bits per heavy atom. The van der Waals surface area contributed by atoms with Crippen LogP contribution in [0.1, 0.15) is 60.1 Å². The van der Waals surface area contributed by atoms with Crippen molar-refractivity contribution in [1.82, 2.24) is 4.98 Å². The molecule has 0 saturated heterocycles. The molecule has 0 bridgehead atoms. The standard InChI is InChI=1S/C12H15NO2/c1-7-3-4-8(2)11-10(7)5-9(6-14)12(15)13-11/h5-8H,3-4H2,1-2H3,(H,13,15). The van der Waals surface area contributed by atoms with Crippen molar-refractivity contribution < 1.29 is 4.79 Å². The highest BCUT2D eigenvalue weighted by Gasteiger charge is 2.23. The molecule has 0 saturated carbocycles. The van der Waals surface area contributed by atoms with Gasteiger partial charge in [-0.25, -0.2) is 0 Å². The summed E-state index contributed by atoms with van der Waals surface area (Å²) in [6.45, 7) is 4.25. The summed E-state index contributed by atoms with van der Waals surface area (Å²) >= 11 is 0. The van der Waals surface area contributed by atoms with Crippen molar-refractivity contribution in [1.29, 1.82) is 0 Å². The summed E-state index contributed by atoms with van der Waals surface area (Å²) in [5.41, 5.74) is 2.14. The maximum absolute atomic E-state index is 11.5. The van der Waals surface area contributed by atoms with E-state index < -0.39 is 0 Å². The van der Waals surface area contributed by atoms with Gasteiger partial charge < -0.3 is 4.98 Å². The van der Waals surface area contributed by atoms with Gasteiger partial charge in [0, 0.05) is 5.69 Å². The fraction of sp³-hybridized carbons (Fsp3) is 0.500. The van der Waals surface area contributed by atoms with E-state index in [2.05, 4.69) is 18.8 Å². The second-order valence-electron chi connectivity index (χ2n) is 4.42. The predicted molar refractivity (Wildman–Crippen MR) is 58.5 cm³/mol. The maximum atomic E-state index is 11.5. The van der Waals surface area contributed by atoms with Gasteiger partial charge in [-0.3, -0.25) is 9.59 Å². The van der Waals surface area contributed by atoms with Crippen LogP contribution in [0.3, 0.4) is 0 Å². The van der Waals surface area contributed by atoms with Crippen LogP contribution in [0, 0.1) is 0 Å². The number of carbonyl (C=O) groups excluding carboxylic acids is 1. The molecule has 2 atom stereocenters. The van der Waals surface area contributed by atoms with Crippen LogP contribution >= 0.6 is 0 Å². The second kappa shape index (κ2) is 3.65. The Labute approximate surface area is 88.5 Å². The van der Waals surface area contributed by atoms with Gasteiger partial charge in [0.1, 0.15) is 0 Å². The molecule has 1 aliphatic carbocycles. The summed E-state index contributed by atoms with van der Waals surface area (Å²) < 4.78 is 0. The monoisotopic (exact) mass is 205 g/mol. The Morgan fingerprint density at radius 2 is 2.00 bits per heavy atom. The van der Waals surface area contributed by atoms with Gasteiger partial charge in [0.25, 0.3) is 5.56 Å². The third kappa shape index (κ3) is 1.62. The lowest BCUT2D eigenvalue weighted by Crippen LogP contribution is -2.21. The van der Waals surface area contributed by atoms with E-state index in [4.69, 9.17) is 0 Å². The molecule has 0 spiro atoms. The summed E-state index contributed by atoms with van der Waals surface area (Å²) in [5.74, 6) is 0.830. The van der Waals surface area contributed by atoms with Gasteiger partial charge in [-0.15, -0.1) is 0 Å². The Bertz CT molecular complexity index is 447. The van der Waals surface area contributed by atoms with E-state index in [1.807, 2.05) is 0 Å². The zero-order valence-corrected chi connectivity index (χ0v) is 9.04. The van der Waals surface area contributed by atoms with E-state index in [0.29, 0.717) is 18.1 Å². The number of H-pyrrole nitrogens is 1. The molecule has 15 heavy (non-hydrogen) atoms. The number of pyridine rings is 1. The molecule has 0 amide bonds. The summed E-state index contributed by atoms with van der Waals surface area (Å²) in [6.07, 6.45) is 2.86. The topological polar surface area (TPSA) is 49.9 Å². The number of aldehydes is 1. The third-order valence-corrected chi connectivity index (χ3v) is 3.32. The van der Waals surface area contributed by atoms with Crippen LogP contribution in [0.25, 0.3) is 0 Å². The predicted octanol–water partition coefficient (Wildman–Crippen LogP) is 2.19. The first-order valence-electron chi connectivity index (χ1n) is 5.35. The van der Waals surface area contributed by atoms with Crippen molar-refractivity contribution >= 4 is 6.29 Å². The molecule has 3 nitrogen and oxygen atoms in total. The molecule has 1 N–H and O–H groups in total. The molecule has 1 aromatic rings. The van der Waals surface area contributed by atoms with Crippen molar-refractivity contribution in [3.05, 3.63) is 33.2 Å². The summed E-state index contributed by atoms with van der Waals surface area (Å²) in [4.78, 5) is 25.0. The minimum absolute atomic E-state index is 0.245. The first kappa shape index (κ1) is 10.1. The Hall–Kier alpha value is -1.38. The lowest BCUT2D eigenvalue weighted by atomic mass is 9.81. The average molecular weight is 205 g/mol. The molecule has 0 radical (unpaired) electrons. The van der Waals surface area contributed by atoms with E-state index >= 15 is 0 Å². The molecule has 3 heteroatoms. The molecule has 0 fully saturated rings. The van der Waals surface area contributed by atoms with Gasteiger partial charge in [-0.2, -0.15) is 0 Å². The number of carbonyl (C=O) groups is 1. The summed E-state index contributed by atoms with van der Waals surface area (Å²) in [7, 11) is 0. The van der Waals surface area contributed by atoms with Crippen LogP contribution in [-0.4, -0.2) is 11.3 Å². The molecule has 1 heterocycles. The first-order chi connectivity index (χ1) is 7.13.